The Kier molecular flexibility index (Phi) is 5.40. The molecule has 0 radical (unpaired) electrons. The molecule has 0 spiro atoms. The van der Waals surface area contributed by atoms with E-state index >= 15 is 0 Å². The summed E-state index contributed by atoms with van der Waals surface area (Å²) in [5, 5.41) is 13.3. The monoisotopic (exact) mass is 279 g/mol. The number of hydrogen-bond acceptors (Lipinski definition) is 5. The largest absolute Gasteiger partial charge is 0.454 e. The summed E-state index contributed by atoms with van der Waals surface area (Å²) < 4.78 is 10.5. The van der Waals surface area contributed by atoms with Gasteiger partial charge >= 0.3 is 0 Å². The number of benzene rings is 1. The predicted octanol–water partition coefficient (Wildman–Crippen LogP) is 1.40. The van der Waals surface area contributed by atoms with Crippen LogP contribution in [0.1, 0.15) is 11.7 Å². The quantitative estimate of drug-likeness (QED) is 0.584. The summed E-state index contributed by atoms with van der Waals surface area (Å²) >= 11 is 1.70. The SMILES string of the molecule is C#CCSCCNCC(O)c1ccc2c(c1)OCO2. The van der Waals surface area contributed by atoms with Gasteiger partial charge in [0.25, 0.3) is 0 Å². The van der Waals surface area contributed by atoms with Gasteiger partial charge in [0, 0.05) is 18.8 Å². The van der Waals surface area contributed by atoms with Crippen LogP contribution in [0.2, 0.25) is 0 Å². The Labute approximate surface area is 117 Å². The van der Waals surface area contributed by atoms with E-state index in [9.17, 15) is 5.11 Å². The van der Waals surface area contributed by atoms with Crippen molar-refractivity contribution < 1.29 is 14.6 Å². The topological polar surface area (TPSA) is 50.7 Å². The Morgan fingerprint density at radius 1 is 1.42 bits per heavy atom. The summed E-state index contributed by atoms with van der Waals surface area (Å²) in [5.74, 6) is 5.67. The van der Waals surface area contributed by atoms with Crippen molar-refractivity contribution >= 4 is 11.8 Å². The van der Waals surface area contributed by atoms with Gasteiger partial charge in [-0.05, 0) is 17.7 Å². The maximum atomic E-state index is 10.1. The lowest BCUT2D eigenvalue weighted by Crippen LogP contribution is -2.23. The third-order valence-electron chi connectivity index (χ3n) is 2.73. The minimum absolute atomic E-state index is 0.250. The van der Waals surface area contributed by atoms with Crippen LogP contribution in [0.15, 0.2) is 18.2 Å². The number of terminal acetylenes is 1. The number of aliphatic hydroxyl groups excluding tert-OH is 1. The van der Waals surface area contributed by atoms with Gasteiger partial charge in [-0.25, -0.2) is 0 Å². The van der Waals surface area contributed by atoms with Crippen LogP contribution in [-0.4, -0.2) is 36.5 Å². The normalized spacial score (nSPS) is 14.1. The minimum atomic E-state index is -0.549. The summed E-state index contributed by atoms with van der Waals surface area (Å²) in [4.78, 5) is 0. The van der Waals surface area contributed by atoms with Gasteiger partial charge in [0.1, 0.15) is 0 Å². The van der Waals surface area contributed by atoms with Crippen LogP contribution in [0, 0.1) is 12.3 Å². The average molecular weight is 279 g/mol. The van der Waals surface area contributed by atoms with Crippen LogP contribution in [0.25, 0.3) is 0 Å². The molecular weight excluding hydrogens is 262 g/mol. The van der Waals surface area contributed by atoms with Crippen molar-refractivity contribution in [2.45, 2.75) is 6.10 Å². The lowest BCUT2D eigenvalue weighted by atomic mass is 10.1. The lowest BCUT2D eigenvalue weighted by molar-refractivity contribution is 0.170. The van der Waals surface area contributed by atoms with E-state index in [1.807, 2.05) is 18.2 Å². The van der Waals surface area contributed by atoms with Crippen LogP contribution in [-0.2, 0) is 0 Å². The molecule has 0 amide bonds. The van der Waals surface area contributed by atoms with Crippen LogP contribution in [0.4, 0.5) is 0 Å². The zero-order valence-corrected chi connectivity index (χ0v) is 11.4. The number of aliphatic hydroxyl groups is 1. The molecule has 0 saturated carbocycles. The smallest absolute Gasteiger partial charge is 0.231 e. The van der Waals surface area contributed by atoms with Gasteiger partial charge in [-0.15, -0.1) is 18.2 Å². The van der Waals surface area contributed by atoms with E-state index in [1.165, 1.54) is 0 Å². The first-order valence-electron chi connectivity index (χ1n) is 6.11. The summed E-state index contributed by atoms with van der Waals surface area (Å²) in [6, 6.07) is 5.50. The number of rotatable bonds is 7. The Hall–Kier alpha value is -1.35. The Balaban J connectivity index is 1.74. The zero-order chi connectivity index (χ0) is 13.5. The van der Waals surface area contributed by atoms with E-state index in [0.29, 0.717) is 12.3 Å². The molecule has 2 N–H and O–H groups in total. The molecule has 1 atom stereocenters. The number of fused-ring (bicyclic) bond motifs is 1. The molecule has 0 aliphatic carbocycles. The third-order valence-corrected chi connectivity index (χ3v) is 3.59. The van der Waals surface area contributed by atoms with Gasteiger partial charge < -0.3 is 19.9 Å². The van der Waals surface area contributed by atoms with Crippen molar-refractivity contribution in [1.29, 1.82) is 0 Å². The maximum Gasteiger partial charge on any atom is 0.231 e. The molecule has 102 valence electrons. The first-order valence-corrected chi connectivity index (χ1v) is 7.26. The number of hydrogen-bond donors (Lipinski definition) is 2. The van der Waals surface area contributed by atoms with Gasteiger partial charge in [-0.1, -0.05) is 12.0 Å². The average Bonchev–Trinajstić information content (AvgIpc) is 2.89. The number of thioether (sulfide) groups is 1. The van der Waals surface area contributed by atoms with Gasteiger partial charge in [0.2, 0.25) is 6.79 Å². The summed E-state index contributed by atoms with van der Waals surface area (Å²) in [6.45, 7) is 1.59. The number of nitrogens with one attached hydrogen (secondary N) is 1. The van der Waals surface area contributed by atoms with E-state index in [-0.39, 0.29) is 6.79 Å². The Bertz CT molecular complexity index is 458. The molecule has 1 aliphatic heterocycles. The van der Waals surface area contributed by atoms with E-state index in [4.69, 9.17) is 15.9 Å². The first-order chi connectivity index (χ1) is 9.31. The molecule has 1 aromatic rings. The fraction of sp³-hybridized carbons (Fsp3) is 0.429. The van der Waals surface area contributed by atoms with Crippen LogP contribution >= 0.6 is 11.8 Å². The maximum absolute atomic E-state index is 10.1. The van der Waals surface area contributed by atoms with Crippen molar-refractivity contribution in [2.75, 3.05) is 31.4 Å². The van der Waals surface area contributed by atoms with E-state index in [1.54, 1.807) is 11.8 Å². The molecule has 1 unspecified atom stereocenters. The fourth-order valence-corrected chi connectivity index (χ4v) is 2.30. The molecule has 2 rings (SSSR count). The molecular formula is C14H17NO3S. The summed E-state index contributed by atoms with van der Waals surface area (Å²) in [6.07, 6.45) is 4.61. The van der Waals surface area contributed by atoms with Gasteiger partial charge in [0.15, 0.2) is 11.5 Å². The predicted molar refractivity (Wildman–Crippen MR) is 76.6 cm³/mol. The molecule has 1 aliphatic rings. The van der Waals surface area contributed by atoms with Crippen molar-refractivity contribution in [3.63, 3.8) is 0 Å². The van der Waals surface area contributed by atoms with Gasteiger partial charge in [-0.3, -0.25) is 0 Å². The second-order valence-corrected chi connectivity index (χ2v) is 5.19. The summed E-state index contributed by atoms with van der Waals surface area (Å²) in [7, 11) is 0. The Morgan fingerprint density at radius 2 is 2.26 bits per heavy atom. The van der Waals surface area contributed by atoms with E-state index in [0.717, 1.165) is 29.4 Å². The zero-order valence-electron chi connectivity index (χ0n) is 10.6. The highest BCUT2D eigenvalue weighted by atomic mass is 32.2. The minimum Gasteiger partial charge on any atom is -0.454 e. The molecule has 5 heteroatoms. The summed E-state index contributed by atoms with van der Waals surface area (Å²) in [5.41, 5.74) is 0.827. The highest BCUT2D eigenvalue weighted by Gasteiger charge is 2.16. The molecule has 19 heavy (non-hydrogen) atoms. The van der Waals surface area contributed by atoms with Crippen molar-refractivity contribution in [3.05, 3.63) is 23.8 Å². The first kappa shape index (κ1) is 14.1. The molecule has 1 heterocycles. The second-order valence-electron chi connectivity index (χ2n) is 4.09. The van der Waals surface area contributed by atoms with Crippen LogP contribution in [0.5, 0.6) is 11.5 Å². The highest BCUT2D eigenvalue weighted by Crippen LogP contribution is 2.33. The molecule has 0 fully saturated rings. The van der Waals surface area contributed by atoms with Crippen molar-refractivity contribution in [3.8, 4) is 23.8 Å². The molecule has 0 saturated heterocycles. The van der Waals surface area contributed by atoms with Crippen molar-refractivity contribution in [2.24, 2.45) is 0 Å². The molecule has 4 nitrogen and oxygen atoms in total. The molecule has 1 aromatic carbocycles. The molecule has 0 aromatic heterocycles. The van der Waals surface area contributed by atoms with E-state index in [2.05, 4.69) is 11.2 Å². The van der Waals surface area contributed by atoms with Gasteiger partial charge in [0.05, 0.1) is 11.9 Å². The van der Waals surface area contributed by atoms with E-state index < -0.39 is 6.10 Å². The highest BCUT2D eigenvalue weighted by molar-refractivity contribution is 7.99. The second kappa shape index (κ2) is 7.29. The molecule has 0 bridgehead atoms. The fourth-order valence-electron chi connectivity index (χ4n) is 1.75. The Morgan fingerprint density at radius 3 is 3.11 bits per heavy atom. The third kappa shape index (κ3) is 4.06. The van der Waals surface area contributed by atoms with Crippen LogP contribution in [0.3, 0.4) is 0 Å². The van der Waals surface area contributed by atoms with Gasteiger partial charge in [-0.2, -0.15) is 0 Å². The van der Waals surface area contributed by atoms with Crippen molar-refractivity contribution in [1.82, 2.24) is 5.32 Å². The lowest BCUT2D eigenvalue weighted by Gasteiger charge is -2.12. The standard InChI is InChI=1S/C14H17NO3S/c1-2-6-19-7-5-15-9-12(16)11-3-4-13-14(8-11)18-10-17-13/h1,3-4,8,12,15-16H,5-7,9-10H2. The van der Waals surface area contributed by atoms with Crippen LogP contribution < -0.4 is 14.8 Å². The number of ether oxygens (including phenoxy) is 2.